The van der Waals surface area contributed by atoms with Gasteiger partial charge in [0.05, 0.1) is 6.10 Å². The van der Waals surface area contributed by atoms with E-state index in [1.165, 1.54) is 12.2 Å². The Hall–Kier alpha value is -0.890. The minimum atomic E-state index is -0.509. The summed E-state index contributed by atoms with van der Waals surface area (Å²) in [7, 11) is 0. The van der Waals surface area contributed by atoms with Crippen molar-refractivity contribution < 1.29 is 9.50 Å². The average Bonchev–Trinajstić information content (AvgIpc) is 2.04. The first-order chi connectivity index (χ1) is 5.61. The minimum Gasteiger partial charge on any atom is -0.388 e. The number of hydrogen-bond acceptors (Lipinski definition) is 1. The maximum absolute atomic E-state index is 12.2. The summed E-state index contributed by atoms with van der Waals surface area (Å²) in [5.74, 6) is -0.502. The van der Waals surface area contributed by atoms with E-state index in [4.69, 9.17) is 0 Å². The Labute approximate surface area is 72.9 Å². The second-order valence-electron chi connectivity index (χ2n) is 2.49. The fourth-order valence-corrected chi connectivity index (χ4v) is 0.822. The molecule has 1 atom stereocenters. The van der Waals surface area contributed by atoms with Gasteiger partial charge in [0.2, 0.25) is 0 Å². The molecule has 0 aliphatic heterocycles. The second kappa shape index (κ2) is 5.72. The van der Waals surface area contributed by atoms with Crippen molar-refractivity contribution in [2.24, 2.45) is 0 Å². The van der Waals surface area contributed by atoms with E-state index >= 15 is 0 Å². The number of rotatable bonds is 4. The summed E-state index contributed by atoms with van der Waals surface area (Å²) in [6.07, 6.45) is 4.66. The summed E-state index contributed by atoms with van der Waals surface area (Å²) >= 11 is 0. The molecule has 0 saturated heterocycles. The number of aliphatic hydroxyl groups excluding tert-OH is 1. The van der Waals surface area contributed by atoms with Gasteiger partial charge in [-0.25, -0.2) is 4.39 Å². The standard InChI is InChI=1S/C10H15FO/c1-4-9(10(12)5-2)7-6-8(3)11/h4,6-7,10,12H,3,5H2,1-2H3. The summed E-state index contributed by atoms with van der Waals surface area (Å²) in [5.41, 5.74) is 0.719. The predicted octanol–water partition coefficient (Wildman–Crippen LogP) is 2.74. The fraction of sp³-hybridized carbons (Fsp3) is 0.400. The van der Waals surface area contributed by atoms with Crippen LogP contribution in [0.5, 0.6) is 0 Å². The number of allylic oxidation sites excluding steroid dienone is 3. The zero-order valence-corrected chi connectivity index (χ0v) is 7.55. The molecule has 1 nitrogen and oxygen atoms in total. The first-order valence-electron chi connectivity index (χ1n) is 3.98. The summed E-state index contributed by atoms with van der Waals surface area (Å²) < 4.78 is 12.2. The van der Waals surface area contributed by atoms with Crippen LogP contribution in [-0.4, -0.2) is 11.2 Å². The molecule has 0 rings (SSSR count). The van der Waals surface area contributed by atoms with E-state index in [1.54, 1.807) is 13.0 Å². The molecule has 0 heterocycles. The lowest BCUT2D eigenvalue weighted by Crippen LogP contribution is -2.06. The first-order valence-corrected chi connectivity index (χ1v) is 3.98. The lowest BCUT2D eigenvalue weighted by molar-refractivity contribution is 0.210. The summed E-state index contributed by atoms with van der Waals surface area (Å²) in [4.78, 5) is 0. The van der Waals surface area contributed by atoms with Gasteiger partial charge in [0.25, 0.3) is 0 Å². The van der Waals surface area contributed by atoms with E-state index in [-0.39, 0.29) is 0 Å². The highest BCUT2D eigenvalue weighted by Gasteiger charge is 2.02. The second-order valence-corrected chi connectivity index (χ2v) is 2.49. The third-order valence-electron chi connectivity index (χ3n) is 1.56. The third-order valence-corrected chi connectivity index (χ3v) is 1.56. The highest BCUT2D eigenvalue weighted by Crippen LogP contribution is 2.09. The Morgan fingerprint density at radius 2 is 2.17 bits per heavy atom. The molecule has 0 bridgehead atoms. The quantitative estimate of drug-likeness (QED) is 0.643. The van der Waals surface area contributed by atoms with Crippen LogP contribution in [0.1, 0.15) is 20.3 Å². The molecule has 0 aliphatic carbocycles. The van der Waals surface area contributed by atoms with Gasteiger partial charge in [-0.3, -0.25) is 0 Å². The van der Waals surface area contributed by atoms with Gasteiger partial charge in [-0.15, -0.1) is 0 Å². The molecule has 0 aromatic rings. The van der Waals surface area contributed by atoms with Crippen molar-refractivity contribution in [3.63, 3.8) is 0 Å². The molecule has 1 unspecified atom stereocenters. The van der Waals surface area contributed by atoms with E-state index in [9.17, 15) is 9.50 Å². The summed E-state index contributed by atoms with van der Waals surface area (Å²) in [6, 6.07) is 0. The SMILES string of the molecule is C=C(F)C=CC(=CC)C(O)CC. The van der Waals surface area contributed by atoms with Crippen LogP contribution in [-0.2, 0) is 0 Å². The monoisotopic (exact) mass is 170 g/mol. The van der Waals surface area contributed by atoms with E-state index < -0.39 is 11.9 Å². The van der Waals surface area contributed by atoms with Gasteiger partial charge in [-0.2, -0.15) is 0 Å². The van der Waals surface area contributed by atoms with Gasteiger partial charge in [0.15, 0.2) is 0 Å². The minimum absolute atomic E-state index is 0.502. The summed E-state index contributed by atoms with van der Waals surface area (Å²) in [6.45, 7) is 6.76. The number of aliphatic hydroxyl groups is 1. The Morgan fingerprint density at radius 1 is 1.58 bits per heavy atom. The molecule has 1 N–H and O–H groups in total. The average molecular weight is 170 g/mol. The van der Waals surface area contributed by atoms with Crippen LogP contribution in [0, 0.1) is 0 Å². The topological polar surface area (TPSA) is 20.2 Å². The van der Waals surface area contributed by atoms with E-state index in [2.05, 4.69) is 6.58 Å². The third kappa shape index (κ3) is 4.09. The zero-order valence-electron chi connectivity index (χ0n) is 7.55. The normalized spacial score (nSPS) is 15.2. The van der Waals surface area contributed by atoms with E-state index in [0.29, 0.717) is 6.42 Å². The van der Waals surface area contributed by atoms with Gasteiger partial charge < -0.3 is 5.11 Å². The van der Waals surface area contributed by atoms with Crippen LogP contribution in [0.25, 0.3) is 0 Å². The fourth-order valence-electron chi connectivity index (χ4n) is 0.822. The van der Waals surface area contributed by atoms with Crippen molar-refractivity contribution in [2.75, 3.05) is 0 Å². The molecular weight excluding hydrogens is 155 g/mol. The molecule has 12 heavy (non-hydrogen) atoms. The smallest absolute Gasteiger partial charge is 0.116 e. The molecule has 68 valence electrons. The van der Waals surface area contributed by atoms with E-state index in [0.717, 1.165) is 5.57 Å². The maximum atomic E-state index is 12.2. The Kier molecular flexibility index (Phi) is 5.30. The molecule has 0 radical (unpaired) electrons. The highest BCUT2D eigenvalue weighted by molar-refractivity contribution is 5.26. The Balaban J connectivity index is 4.29. The van der Waals surface area contributed by atoms with Gasteiger partial charge in [0.1, 0.15) is 5.83 Å². The summed E-state index contributed by atoms with van der Waals surface area (Å²) in [5, 5.41) is 9.36. The van der Waals surface area contributed by atoms with Crippen molar-refractivity contribution in [3.05, 3.63) is 36.2 Å². The van der Waals surface area contributed by atoms with Gasteiger partial charge >= 0.3 is 0 Å². The van der Waals surface area contributed by atoms with Crippen LogP contribution in [0.2, 0.25) is 0 Å². The largest absolute Gasteiger partial charge is 0.388 e. The molecule has 0 aromatic carbocycles. The number of halogens is 1. The lowest BCUT2D eigenvalue weighted by atomic mass is 10.1. The van der Waals surface area contributed by atoms with Crippen LogP contribution in [0.4, 0.5) is 4.39 Å². The van der Waals surface area contributed by atoms with Gasteiger partial charge in [-0.1, -0.05) is 25.7 Å². The van der Waals surface area contributed by atoms with Crippen LogP contribution >= 0.6 is 0 Å². The van der Waals surface area contributed by atoms with Gasteiger partial charge in [-0.05, 0) is 25.0 Å². The van der Waals surface area contributed by atoms with Crippen molar-refractivity contribution >= 4 is 0 Å². The molecule has 0 spiro atoms. The number of hydrogen-bond donors (Lipinski definition) is 1. The van der Waals surface area contributed by atoms with E-state index in [1.807, 2.05) is 6.92 Å². The first kappa shape index (κ1) is 11.1. The molecule has 0 fully saturated rings. The van der Waals surface area contributed by atoms with Crippen LogP contribution < -0.4 is 0 Å². The van der Waals surface area contributed by atoms with Gasteiger partial charge in [0, 0.05) is 0 Å². The maximum Gasteiger partial charge on any atom is 0.116 e. The van der Waals surface area contributed by atoms with Crippen molar-refractivity contribution in [2.45, 2.75) is 26.4 Å². The highest BCUT2D eigenvalue weighted by atomic mass is 19.1. The predicted molar refractivity (Wildman–Crippen MR) is 49.4 cm³/mol. The molecule has 0 aliphatic rings. The molecule has 0 saturated carbocycles. The molecule has 2 heteroatoms. The Morgan fingerprint density at radius 3 is 2.50 bits per heavy atom. The van der Waals surface area contributed by atoms with Crippen molar-refractivity contribution in [3.8, 4) is 0 Å². The molecule has 0 aromatic heterocycles. The Bertz CT molecular complexity index is 204. The zero-order chi connectivity index (χ0) is 9.56. The lowest BCUT2D eigenvalue weighted by Gasteiger charge is -2.07. The van der Waals surface area contributed by atoms with Crippen LogP contribution in [0.15, 0.2) is 36.2 Å². The van der Waals surface area contributed by atoms with Crippen molar-refractivity contribution in [1.29, 1.82) is 0 Å². The van der Waals surface area contributed by atoms with Crippen LogP contribution in [0.3, 0.4) is 0 Å². The molecule has 0 amide bonds. The van der Waals surface area contributed by atoms with Crippen molar-refractivity contribution in [1.82, 2.24) is 0 Å². The molecular formula is C10H15FO.